The summed E-state index contributed by atoms with van der Waals surface area (Å²) in [5.74, 6) is 0.756. The van der Waals surface area contributed by atoms with Crippen molar-refractivity contribution < 1.29 is 4.79 Å². The van der Waals surface area contributed by atoms with Crippen molar-refractivity contribution in [3.63, 3.8) is 0 Å². The summed E-state index contributed by atoms with van der Waals surface area (Å²) >= 11 is 0. The molecule has 0 spiro atoms. The standard InChI is InChI=1S/C14H18N4O/c1-4-15-14-16-10(2)9-18(14)13-7-5-12(6-8-13)17-11(3)19/h5-9H,4H2,1-3H3,(H,15,16)(H,17,19). The Morgan fingerprint density at radius 1 is 1.32 bits per heavy atom. The van der Waals surface area contributed by atoms with Crippen LogP contribution in [0.2, 0.25) is 0 Å². The molecular formula is C14H18N4O. The zero-order valence-corrected chi connectivity index (χ0v) is 11.4. The summed E-state index contributed by atoms with van der Waals surface area (Å²) in [6.45, 7) is 6.31. The highest BCUT2D eigenvalue weighted by Gasteiger charge is 2.06. The number of nitrogens with zero attached hydrogens (tertiary/aromatic N) is 2. The number of hydrogen-bond donors (Lipinski definition) is 2. The molecule has 2 N–H and O–H groups in total. The number of aromatic nitrogens is 2. The van der Waals surface area contributed by atoms with Gasteiger partial charge < -0.3 is 10.6 Å². The van der Waals surface area contributed by atoms with Crippen LogP contribution in [-0.2, 0) is 4.79 Å². The number of hydrogen-bond acceptors (Lipinski definition) is 3. The topological polar surface area (TPSA) is 59.0 Å². The maximum Gasteiger partial charge on any atom is 0.221 e. The Morgan fingerprint density at radius 3 is 2.58 bits per heavy atom. The predicted octanol–water partition coefficient (Wildman–Crippen LogP) is 2.57. The first kappa shape index (κ1) is 13.1. The van der Waals surface area contributed by atoms with E-state index in [1.807, 2.05) is 48.9 Å². The molecule has 5 heteroatoms. The molecule has 1 aromatic heterocycles. The summed E-state index contributed by atoms with van der Waals surface area (Å²) in [4.78, 5) is 15.4. The molecule has 1 aromatic carbocycles. The van der Waals surface area contributed by atoms with E-state index < -0.39 is 0 Å². The zero-order chi connectivity index (χ0) is 13.8. The van der Waals surface area contributed by atoms with Gasteiger partial charge in [0, 0.05) is 31.0 Å². The van der Waals surface area contributed by atoms with E-state index in [0.29, 0.717) is 0 Å². The minimum Gasteiger partial charge on any atom is -0.356 e. The second kappa shape index (κ2) is 5.56. The molecule has 0 saturated heterocycles. The van der Waals surface area contributed by atoms with E-state index in [2.05, 4.69) is 15.6 Å². The van der Waals surface area contributed by atoms with Crippen LogP contribution < -0.4 is 10.6 Å². The zero-order valence-electron chi connectivity index (χ0n) is 11.4. The van der Waals surface area contributed by atoms with Gasteiger partial charge in [0.1, 0.15) is 0 Å². The highest BCUT2D eigenvalue weighted by molar-refractivity contribution is 5.88. The van der Waals surface area contributed by atoms with Gasteiger partial charge in [-0.2, -0.15) is 0 Å². The van der Waals surface area contributed by atoms with Crippen LogP contribution in [0.25, 0.3) is 5.69 Å². The van der Waals surface area contributed by atoms with Gasteiger partial charge in [-0.3, -0.25) is 9.36 Å². The van der Waals surface area contributed by atoms with Crippen LogP contribution in [0.4, 0.5) is 11.6 Å². The number of benzene rings is 1. The van der Waals surface area contributed by atoms with E-state index in [9.17, 15) is 4.79 Å². The summed E-state index contributed by atoms with van der Waals surface area (Å²) in [7, 11) is 0. The fourth-order valence-electron chi connectivity index (χ4n) is 1.89. The fraction of sp³-hybridized carbons (Fsp3) is 0.286. The van der Waals surface area contributed by atoms with Gasteiger partial charge in [0.05, 0.1) is 5.69 Å². The van der Waals surface area contributed by atoms with Crippen molar-refractivity contribution in [1.29, 1.82) is 0 Å². The lowest BCUT2D eigenvalue weighted by molar-refractivity contribution is -0.114. The number of imidazole rings is 1. The molecule has 5 nitrogen and oxygen atoms in total. The largest absolute Gasteiger partial charge is 0.356 e. The maximum atomic E-state index is 11.0. The van der Waals surface area contributed by atoms with Crippen LogP contribution >= 0.6 is 0 Å². The highest BCUT2D eigenvalue weighted by Crippen LogP contribution is 2.18. The van der Waals surface area contributed by atoms with Crippen molar-refractivity contribution in [2.75, 3.05) is 17.2 Å². The third-order valence-electron chi connectivity index (χ3n) is 2.63. The second-order valence-corrected chi connectivity index (χ2v) is 4.33. The third kappa shape index (κ3) is 3.13. The average molecular weight is 258 g/mol. The van der Waals surface area contributed by atoms with Gasteiger partial charge in [-0.05, 0) is 38.1 Å². The minimum atomic E-state index is -0.0698. The van der Waals surface area contributed by atoms with E-state index in [0.717, 1.165) is 29.6 Å². The molecule has 2 rings (SSSR count). The van der Waals surface area contributed by atoms with Crippen LogP contribution in [0, 0.1) is 6.92 Å². The monoisotopic (exact) mass is 258 g/mol. The predicted molar refractivity (Wildman–Crippen MR) is 76.8 cm³/mol. The fourth-order valence-corrected chi connectivity index (χ4v) is 1.89. The highest BCUT2D eigenvalue weighted by atomic mass is 16.1. The van der Waals surface area contributed by atoms with Crippen LogP contribution in [0.15, 0.2) is 30.5 Å². The van der Waals surface area contributed by atoms with Crippen molar-refractivity contribution in [1.82, 2.24) is 9.55 Å². The number of aryl methyl sites for hydroxylation is 1. The first-order chi connectivity index (χ1) is 9.10. The van der Waals surface area contributed by atoms with Gasteiger partial charge in [0.2, 0.25) is 11.9 Å². The molecule has 0 aliphatic rings. The first-order valence-corrected chi connectivity index (χ1v) is 6.28. The van der Waals surface area contributed by atoms with Crippen molar-refractivity contribution in [2.24, 2.45) is 0 Å². The Labute approximate surface area is 112 Å². The second-order valence-electron chi connectivity index (χ2n) is 4.33. The van der Waals surface area contributed by atoms with E-state index in [4.69, 9.17) is 0 Å². The molecule has 1 amide bonds. The summed E-state index contributed by atoms with van der Waals surface area (Å²) < 4.78 is 2.00. The van der Waals surface area contributed by atoms with Crippen molar-refractivity contribution >= 4 is 17.5 Å². The summed E-state index contributed by atoms with van der Waals surface area (Å²) in [5, 5.41) is 5.97. The number of nitrogens with one attached hydrogen (secondary N) is 2. The SMILES string of the molecule is CCNc1nc(C)cn1-c1ccc(NC(C)=O)cc1. The van der Waals surface area contributed by atoms with Crippen LogP contribution in [-0.4, -0.2) is 22.0 Å². The molecule has 0 radical (unpaired) electrons. The molecule has 2 aromatic rings. The van der Waals surface area contributed by atoms with Gasteiger partial charge in [-0.25, -0.2) is 4.98 Å². The van der Waals surface area contributed by atoms with Crippen LogP contribution in [0.1, 0.15) is 19.5 Å². The van der Waals surface area contributed by atoms with Crippen molar-refractivity contribution in [3.05, 3.63) is 36.2 Å². The number of carbonyl (C=O) groups excluding carboxylic acids is 1. The molecule has 0 bridgehead atoms. The molecule has 0 fully saturated rings. The molecule has 0 aliphatic heterocycles. The molecule has 0 atom stereocenters. The quantitative estimate of drug-likeness (QED) is 0.886. The molecule has 1 heterocycles. The lowest BCUT2D eigenvalue weighted by Gasteiger charge is -2.09. The first-order valence-electron chi connectivity index (χ1n) is 6.28. The average Bonchev–Trinajstić information content (AvgIpc) is 2.71. The maximum absolute atomic E-state index is 11.0. The lowest BCUT2D eigenvalue weighted by Crippen LogP contribution is -2.07. The summed E-state index contributed by atoms with van der Waals surface area (Å²) in [5.41, 5.74) is 2.76. The van der Waals surface area contributed by atoms with Gasteiger partial charge in [0.25, 0.3) is 0 Å². The molecular weight excluding hydrogens is 240 g/mol. The normalized spacial score (nSPS) is 10.3. The van der Waals surface area contributed by atoms with Crippen LogP contribution in [0.5, 0.6) is 0 Å². The van der Waals surface area contributed by atoms with Gasteiger partial charge in [0.15, 0.2) is 0 Å². The van der Waals surface area contributed by atoms with E-state index in [1.165, 1.54) is 6.92 Å². The molecule has 0 aliphatic carbocycles. The summed E-state index contributed by atoms with van der Waals surface area (Å²) in [6.07, 6.45) is 1.98. The number of amides is 1. The van der Waals surface area contributed by atoms with Gasteiger partial charge in [-0.15, -0.1) is 0 Å². The molecule has 100 valence electrons. The molecule has 19 heavy (non-hydrogen) atoms. The Kier molecular flexibility index (Phi) is 3.85. The third-order valence-corrected chi connectivity index (χ3v) is 2.63. The van der Waals surface area contributed by atoms with E-state index in [-0.39, 0.29) is 5.91 Å². The van der Waals surface area contributed by atoms with E-state index in [1.54, 1.807) is 0 Å². The Bertz CT molecular complexity index is 572. The lowest BCUT2D eigenvalue weighted by atomic mass is 10.2. The minimum absolute atomic E-state index is 0.0698. The van der Waals surface area contributed by atoms with Crippen LogP contribution in [0.3, 0.4) is 0 Å². The molecule has 0 unspecified atom stereocenters. The smallest absolute Gasteiger partial charge is 0.221 e. The number of carbonyl (C=O) groups is 1. The molecule has 0 saturated carbocycles. The van der Waals surface area contributed by atoms with E-state index >= 15 is 0 Å². The van der Waals surface area contributed by atoms with Crippen molar-refractivity contribution in [3.8, 4) is 5.69 Å². The van der Waals surface area contributed by atoms with Gasteiger partial charge >= 0.3 is 0 Å². The Balaban J connectivity index is 2.28. The Hall–Kier alpha value is -2.30. The summed E-state index contributed by atoms with van der Waals surface area (Å²) in [6, 6.07) is 7.66. The van der Waals surface area contributed by atoms with Crippen molar-refractivity contribution in [2.45, 2.75) is 20.8 Å². The van der Waals surface area contributed by atoms with Gasteiger partial charge in [-0.1, -0.05) is 0 Å². The number of rotatable bonds is 4. The number of anilines is 2. The Morgan fingerprint density at radius 2 is 2.00 bits per heavy atom.